The zero-order chi connectivity index (χ0) is 23.5. The number of nitrogens with one attached hydrogen (secondary N) is 1. The van der Waals surface area contributed by atoms with Gasteiger partial charge in [-0.3, -0.25) is 9.59 Å². The van der Waals surface area contributed by atoms with Gasteiger partial charge in [-0.1, -0.05) is 30.3 Å². The lowest BCUT2D eigenvalue weighted by atomic mass is 10.2. The van der Waals surface area contributed by atoms with Gasteiger partial charge in [0.05, 0.1) is 4.88 Å². The molecule has 1 N–H and O–H groups in total. The highest BCUT2D eigenvalue weighted by Gasteiger charge is 2.17. The quantitative estimate of drug-likeness (QED) is 0.247. The number of carbonyl (C=O) groups is 3. The van der Waals surface area contributed by atoms with Crippen LogP contribution in [-0.2, 0) is 16.0 Å². The summed E-state index contributed by atoms with van der Waals surface area (Å²) in [5, 5.41) is 2.72. The Hall–Kier alpha value is -3.65. The molecule has 0 aliphatic heterocycles. The largest absolute Gasteiger partial charge is 0.490 e. The number of carbonyl (C=O) groups excluding carboxylic acids is 3. The SMILES string of the molecule is CC(=O)NCCc1ccc(C(=O)COC(=O)c2ccccc2OCCOc2ccccc2)s1. The molecule has 0 fully saturated rings. The van der Waals surface area contributed by atoms with Crippen LogP contribution in [0.1, 0.15) is 31.8 Å². The predicted molar refractivity (Wildman–Crippen MR) is 125 cm³/mol. The highest BCUT2D eigenvalue weighted by atomic mass is 32.1. The Morgan fingerprint density at radius 3 is 2.39 bits per heavy atom. The van der Waals surface area contributed by atoms with Crippen molar-refractivity contribution >= 4 is 29.0 Å². The molecule has 0 saturated heterocycles. The van der Waals surface area contributed by atoms with Gasteiger partial charge in [-0.05, 0) is 42.8 Å². The molecule has 0 radical (unpaired) electrons. The first-order valence-corrected chi connectivity index (χ1v) is 11.3. The number of hydrogen-bond donors (Lipinski definition) is 1. The minimum absolute atomic E-state index is 0.0947. The standard InChI is InChI=1S/C25H25NO6S/c1-18(27)26-14-13-20-11-12-24(33-20)22(28)17-32-25(29)21-9-5-6-10-23(21)31-16-15-30-19-7-3-2-4-8-19/h2-12H,13-17H2,1H3,(H,26,27). The van der Waals surface area contributed by atoms with Gasteiger partial charge >= 0.3 is 5.97 Å². The Morgan fingerprint density at radius 2 is 1.61 bits per heavy atom. The molecule has 0 aliphatic carbocycles. The number of benzene rings is 2. The fourth-order valence-electron chi connectivity index (χ4n) is 2.89. The third-order valence-corrected chi connectivity index (χ3v) is 5.66. The van der Waals surface area contributed by atoms with Crippen LogP contribution in [-0.4, -0.2) is 44.0 Å². The zero-order valence-corrected chi connectivity index (χ0v) is 19.1. The molecule has 172 valence electrons. The molecular formula is C25H25NO6S. The average molecular weight is 468 g/mol. The number of Topliss-reactive ketones (excluding diaryl/α,β-unsaturated/α-hetero) is 1. The van der Waals surface area contributed by atoms with Crippen molar-refractivity contribution in [2.24, 2.45) is 0 Å². The second kappa shape index (κ2) is 12.4. The molecule has 1 heterocycles. The summed E-state index contributed by atoms with van der Waals surface area (Å²) in [6, 6.07) is 19.6. The van der Waals surface area contributed by atoms with Crippen LogP contribution in [0.5, 0.6) is 11.5 Å². The molecule has 0 aliphatic rings. The molecule has 3 aromatic rings. The van der Waals surface area contributed by atoms with E-state index in [9.17, 15) is 14.4 Å². The van der Waals surface area contributed by atoms with Crippen LogP contribution in [0.15, 0.2) is 66.7 Å². The Balaban J connectivity index is 1.47. The Labute approximate surface area is 196 Å². The highest BCUT2D eigenvalue weighted by molar-refractivity contribution is 7.14. The fraction of sp³-hybridized carbons (Fsp3) is 0.240. The Morgan fingerprint density at radius 1 is 0.879 bits per heavy atom. The Bertz CT molecular complexity index is 1080. The van der Waals surface area contributed by atoms with Crippen LogP contribution in [0.2, 0.25) is 0 Å². The number of hydrogen-bond acceptors (Lipinski definition) is 7. The summed E-state index contributed by atoms with van der Waals surface area (Å²) in [5.41, 5.74) is 0.243. The topological polar surface area (TPSA) is 90.9 Å². The van der Waals surface area contributed by atoms with E-state index in [1.165, 1.54) is 18.3 Å². The predicted octanol–water partition coefficient (Wildman–Crippen LogP) is 3.92. The van der Waals surface area contributed by atoms with E-state index in [4.69, 9.17) is 14.2 Å². The van der Waals surface area contributed by atoms with Gasteiger partial charge in [0.15, 0.2) is 6.61 Å². The molecule has 0 spiro atoms. The molecule has 2 aromatic carbocycles. The number of esters is 1. The number of ether oxygens (including phenoxy) is 3. The third kappa shape index (κ3) is 7.76. The number of amides is 1. The van der Waals surface area contributed by atoms with Gasteiger partial charge < -0.3 is 19.5 Å². The van der Waals surface area contributed by atoms with Crippen molar-refractivity contribution in [1.82, 2.24) is 5.32 Å². The van der Waals surface area contributed by atoms with E-state index in [-0.39, 0.29) is 30.5 Å². The van der Waals surface area contributed by atoms with Gasteiger partial charge in [0.25, 0.3) is 0 Å². The van der Waals surface area contributed by atoms with Gasteiger partial charge in [0.1, 0.15) is 30.3 Å². The summed E-state index contributed by atoms with van der Waals surface area (Å²) in [4.78, 5) is 37.4. The Kier molecular flexibility index (Phi) is 9.02. The molecule has 1 aromatic heterocycles. The maximum Gasteiger partial charge on any atom is 0.342 e. The van der Waals surface area contributed by atoms with E-state index in [1.807, 2.05) is 36.4 Å². The first kappa shape index (κ1) is 24.0. The summed E-state index contributed by atoms with van der Waals surface area (Å²) in [5.74, 6) is 0.0871. The zero-order valence-electron chi connectivity index (χ0n) is 18.2. The van der Waals surface area contributed by atoms with Crippen LogP contribution in [0.25, 0.3) is 0 Å². The van der Waals surface area contributed by atoms with Crippen LogP contribution >= 0.6 is 11.3 Å². The number of thiophene rings is 1. The van der Waals surface area contributed by atoms with Crippen molar-refractivity contribution in [2.45, 2.75) is 13.3 Å². The molecule has 0 atom stereocenters. The van der Waals surface area contributed by atoms with Crippen molar-refractivity contribution in [3.8, 4) is 11.5 Å². The number of rotatable bonds is 12. The first-order valence-electron chi connectivity index (χ1n) is 10.5. The first-order chi connectivity index (χ1) is 16.0. The second-order valence-electron chi connectivity index (χ2n) is 7.00. The molecular weight excluding hydrogens is 442 g/mol. The van der Waals surface area contributed by atoms with Crippen molar-refractivity contribution in [3.05, 3.63) is 82.0 Å². The lowest BCUT2D eigenvalue weighted by molar-refractivity contribution is -0.118. The molecule has 8 heteroatoms. The van der Waals surface area contributed by atoms with Crippen molar-refractivity contribution in [2.75, 3.05) is 26.4 Å². The second-order valence-corrected chi connectivity index (χ2v) is 8.17. The highest BCUT2D eigenvalue weighted by Crippen LogP contribution is 2.21. The molecule has 0 saturated carbocycles. The van der Waals surface area contributed by atoms with Gasteiger partial charge in [0.2, 0.25) is 11.7 Å². The van der Waals surface area contributed by atoms with E-state index in [1.54, 1.807) is 30.3 Å². The summed E-state index contributed by atoms with van der Waals surface area (Å²) >= 11 is 1.32. The molecule has 0 bridgehead atoms. The van der Waals surface area contributed by atoms with Crippen LogP contribution < -0.4 is 14.8 Å². The maximum absolute atomic E-state index is 12.5. The minimum Gasteiger partial charge on any atom is -0.490 e. The van der Waals surface area contributed by atoms with Crippen LogP contribution in [0, 0.1) is 0 Å². The van der Waals surface area contributed by atoms with Crippen molar-refractivity contribution in [3.63, 3.8) is 0 Å². The lowest BCUT2D eigenvalue weighted by Crippen LogP contribution is -2.22. The monoisotopic (exact) mass is 467 g/mol. The van der Waals surface area contributed by atoms with Crippen LogP contribution in [0.3, 0.4) is 0 Å². The van der Waals surface area contributed by atoms with E-state index in [2.05, 4.69) is 5.32 Å². The average Bonchev–Trinajstić information content (AvgIpc) is 3.30. The van der Waals surface area contributed by atoms with E-state index in [0.29, 0.717) is 30.2 Å². The van der Waals surface area contributed by atoms with Gasteiger partial charge in [-0.25, -0.2) is 4.79 Å². The van der Waals surface area contributed by atoms with E-state index >= 15 is 0 Å². The molecule has 33 heavy (non-hydrogen) atoms. The van der Waals surface area contributed by atoms with Gasteiger partial charge in [-0.2, -0.15) is 0 Å². The van der Waals surface area contributed by atoms with E-state index in [0.717, 1.165) is 10.6 Å². The van der Waals surface area contributed by atoms with E-state index < -0.39 is 5.97 Å². The van der Waals surface area contributed by atoms with Crippen molar-refractivity contribution < 1.29 is 28.6 Å². The summed E-state index contributed by atoms with van der Waals surface area (Å²) < 4.78 is 16.5. The third-order valence-electron chi connectivity index (χ3n) is 4.48. The normalized spacial score (nSPS) is 10.3. The number of ketones is 1. The van der Waals surface area contributed by atoms with Gasteiger partial charge in [0, 0.05) is 18.3 Å². The molecule has 7 nitrogen and oxygen atoms in total. The lowest BCUT2D eigenvalue weighted by Gasteiger charge is -2.11. The molecule has 1 amide bonds. The number of para-hydroxylation sites is 2. The molecule has 3 rings (SSSR count). The van der Waals surface area contributed by atoms with Crippen LogP contribution in [0.4, 0.5) is 0 Å². The van der Waals surface area contributed by atoms with Gasteiger partial charge in [-0.15, -0.1) is 11.3 Å². The molecule has 0 unspecified atom stereocenters. The maximum atomic E-state index is 12.5. The smallest absolute Gasteiger partial charge is 0.342 e. The summed E-state index contributed by atoms with van der Waals surface area (Å²) in [6.45, 7) is 2.16. The fourth-order valence-corrected chi connectivity index (χ4v) is 3.82. The summed E-state index contributed by atoms with van der Waals surface area (Å²) in [7, 11) is 0. The van der Waals surface area contributed by atoms with Crippen molar-refractivity contribution in [1.29, 1.82) is 0 Å². The minimum atomic E-state index is -0.634. The summed E-state index contributed by atoms with van der Waals surface area (Å²) in [6.07, 6.45) is 0.635.